The van der Waals surface area contributed by atoms with Gasteiger partial charge in [0, 0.05) is 32.0 Å². The van der Waals surface area contributed by atoms with Crippen molar-refractivity contribution < 1.29 is 4.79 Å². The second-order valence-corrected chi connectivity index (χ2v) is 3.70. The lowest BCUT2D eigenvalue weighted by molar-refractivity contribution is 0.240. The van der Waals surface area contributed by atoms with Crippen LogP contribution in [0.2, 0.25) is 0 Å². The number of aryl methyl sites for hydroxylation is 2. The molecule has 0 spiro atoms. The van der Waals surface area contributed by atoms with E-state index in [1.807, 2.05) is 20.0 Å². The average molecular weight is 224 g/mol. The third kappa shape index (κ3) is 4.33. The SMILES string of the molecule is CCCNC(=O)NCCCn1ccnc1C. The largest absolute Gasteiger partial charge is 0.338 e. The summed E-state index contributed by atoms with van der Waals surface area (Å²) in [7, 11) is 0. The van der Waals surface area contributed by atoms with Gasteiger partial charge in [0.25, 0.3) is 0 Å². The Morgan fingerprint density at radius 2 is 2.19 bits per heavy atom. The van der Waals surface area contributed by atoms with Crippen LogP contribution >= 0.6 is 0 Å². The Balaban J connectivity index is 2.08. The van der Waals surface area contributed by atoms with E-state index in [1.54, 1.807) is 6.20 Å². The highest BCUT2D eigenvalue weighted by Crippen LogP contribution is 1.96. The molecule has 5 heteroatoms. The van der Waals surface area contributed by atoms with Crippen LogP contribution in [-0.2, 0) is 6.54 Å². The smallest absolute Gasteiger partial charge is 0.314 e. The molecule has 1 aromatic heterocycles. The Bertz CT molecular complexity index is 322. The average Bonchev–Trinajstić information content (AvgIpc) is 2.67. The van der Waals surface area contributed by atoms with Crippen molar-refractivity contribution in [2.45, 2.75) is 33.2 Å². The number of carbonyl (C=O) groups is 1. The topological polar surface area (TPSA) is 59.0 Å². The van der Waals surface area contributed by atoms with Crippen LogP contribution in [0.5, 0.6) is 0 Å². The van der Waals surface area contributed by atoms with E-state index in [2.05, 4.69) is 20.2 Å². The van der Waals surface area contributed by atoms with Crippen molar-refractivity contribution >= 4 is 6.03 Å². The molecule has 0 fully saturated rings. The summed E-state index contributed by atoms with van der Waals surface area (Å²) in [5.74, 6) is 1.01. The zero-order chi connectivity index (χ0) is 11.8. The Morgan fingerprint density at radius 3 is 2.81 bits per heavy atom. The monoisotopic (exact) mass is 224 g/mol. The van der Waals surface area contributed by atoms with Crippen LogP contribution in [-0.4, -0.2) is 28.7 Å². The number of imidazole rings is 1. The first-order chi connectivity index (χ1) is 7.74. The number of urea groups is 1. The van der Waals surface area contributed by atoms with Gasteiger partial charge in [-0.3, -0.25) is 0 Å². The third-order valence-corrected chi connectivity index (χ3v) is 2.32. The van der Waals surface area contributed by atoms with Gasteiger partial charge in [0.05, 0.1) is 0 Å². The van der Waals surface area contributed by atoms with Crippen LogP contribution in [0.25, 0.3) is 0 Å². The van der Waals surface area contributed by atoms with Gasteiger partial charge in [-0.15, -0.1) is 0 Å². The fourth-order valence-corrected chi connectivity index (χ4v) is 1.39. The maximum absolute atomic E-state index is 11.2. The first kappa shape index (κ1) is 12.5. The molecule has 0 aliphatic carbocycles. The molecule has 0 unspecified atom stereocenters. The summed E-state index contributed by atoms with van der Waals surface area (Å²) < 4.78 is 2.08. The lowest BCUT2D eigenvalue weighted by Gasteiger charge is -2.07. The Labute approximate surface area is 96.3 Å². The molecule has 2 N–H and O–H groups in total. The van der Waals surface area contributed by atoms with Gasteiger partial charge in [-0.1, -0.05) is 6.92 Å². The minimum absolute atomic E-state index is 0.0794. The van der Waals surface area contributed by atoms with Gasteiger partial charge in [-0.25, -0.2) is 9.78 Å². The number of hydrogen-bond donors (Lipinski definition) is 2. The standard InChI is InChI=1S/C11H20N4O/c1-3-5-13-11(16)14-6-4-8-15-9-7-12-10(15)2/h7,9H,3-6,8H2,1-2H3,(H2,13,14,16). The molecule has 0 bridgehead atoms. The highest BCUT2D eigenvalue weighted by atomic mass is 16.2. The van der Waals surface area contributed by atoms with E-state index in [0.717, 1.165) is 31.8 Å². The molecule has 0 saturated heterocycles. The number of amides is 2. The molecule has 16 heavy (non-hydrogen) atoms. The highest BCUT2D eigenvalue weighted by molar-refractivity contribution is 5.73. The highest BCUT2D eigenvalue weighted by Gasteiger charge is 1.99. The normalized spacial score (nSPS) is 10.1. The number of carbonyl (C=O) groups excluding carboxylic acids is 1. The summed E-state index contributed by atoms with van der Waals surface area (Å²) in [6.07, 6.45) is 5.61. The number of nitrogens with one attached hydrogen (secondary N) is 2. The molecule has 2 amide bonds. The summed E-state index contributed by atoms with van der Waals surface area (Å²) in [6, 6.07) is -0.0794. The fraction of sp³-hybridized carbons (Fsp3) is 0.636. The molecule has 5 nitrogen and oxygen atoms in total. The first-order valence-electron chi connectivity index (χ1n) is 5.73. The molecule has 0 aliphatic heterocycles. The van der Waals surface area contributed by atoms with Gasteiger partial charge in [0.15, 0.2) is 0 Å². The van der Waals surface area contributed by atoms with Crippen molar-refractivity contribution in [3.63, 3.8) is 0 Å². The summed E-state index contributed by atoms with van der Waals surface area (Å²) in [5.41, 5.74) is 0. The molecule has 0 atom stereocenters. The van der Waals surface area contributed by atoms with E-state index in [0.29, 0.717) is 6.54 Å². The quantitative estimate of drug-likeness (QED) is 0.715. The van der Waals surface area contributed by atoms with Crippen molar-refractivity contribution in [2.75, 3.05) is 13.1 Å². The predicted octanol–water partition coefficient (Wildman–Crippen LogP) is 1.29. The van der Waals surface area contributed by atoms with Crippen LogP contribution < -0.4 is 10.6 Å². The van der Waals surface area contributed by atoms with E-state index in [9.17, 15) is 4.79 Å². The number of aromatic nitrogens is 2. The Hall–Kier alpha value is -1.52. The molecule has 0 aliphatic rings. The number of hydrogen-bond acceptors (Lipinski definition) is 2. The Morgan fingerprint density at radius 1 is 1.44 bits per heavy atom. The first-order valence-corrected chi connectivity index (χ1v) is 5.73. The minimum atomic E-state index is -0.0794. The van der Waals surface area contributed by atoms with Crippen molar-refractivity contribution in [3.8, 4) is 0 Å². The summed E-state index contributed by atoms with van der Waals surface area (Å²) in [4.78, 5) is 15.3. The van der Waals surface area contributed by atoms with E-state index in [1.165, 1.54) is 0 Å². The summed E-state index contributed by atoms with van der Waals surface area (Å²) >= 11 is 0. The molecule has 90 valence electrons. The second-order valence-electron chi connectivity index (χ2n) is 3.70. The van der Waals surface area contributed by atoms with Gasteiger partial charge < -0.3 is 15.2 Å². The molecule has 0 aromatic carbocycles. The molecular weight excluding hydrogens is 204 g/mol. The maximum Gasteiger partial charge on any atom is 0.314 e. The zero-order valence-corrected chi connectivity index (χ0v) is 9.99. The molecule has 0 saturated carbocycles. The van der Waals surface area contributed by atoms with Gasteiger partial charge in [-0.2, -0.15) is 0 Å². The van der Waals surface area contributed by atoms with E-state index >= 15 is 0 Å². The zero-order valence-electron chi connectivity index (χ0n) is 9.99. The van der Waals surface area contributed by atoms with Crippen LogP contribution in [0.3, 0.4) is 0 Å². The van der Waals surface area contributed by atoms with Crippen LogP contribution in [0.15, 0.2) is 12.4 Å². The number of nitrogens with zero attached hydrogens (tertiary/aromatic N) is 2. The van der Waals surface area contributed by atoms with Crippen LogP contribution in [0.1, 0.15) is 25.6 Å². The third-order valence-electron chi connectivity index (χ3n) is 2.32. The maximum atomic E-state index is 11.2. The van der Waals surface area contributed by atoms with Crippen molar-refractivity contribution in [1.82, 2.24) is 20.2 Å². The van der Waals surface area contributed by atoms with Gasteiger partial charge >= 0.3 is 6.03 Å². The summed E-state index contributed by atoms with van der Waals surface area (Å²) in [5, 5.41) is 5.58. The molecule has 1 rings (SSSR count). The second kappa shape index (κ2) is 6.87. The van der Waals surface area contributed by atoms with E-state index < -0.39 is 0 Å². The molecule has 0 radical (unpaired) electrons. The van der Waals surface area contributed by atoms with Gasteiger partial charge in [-0.05, 0) is 19.8 Å². The predicted molar refractivity (Wildman–Crippen MR) is 63.3 cm³/mol. The fourth-order valence-electron chi connectivity index (χ4n) is 1.39. The van der Waals surface area contributed by atoms with E-state index in [-0.39, 0.29) is 6.03 Å². The van der Waals surface area contributed by atoms with Gasteiger partial charge in [0.1, 0.15) is 5.82 Å². The molecule has 1 heterocycles. The Kier molecular flexibility index (Phi) is 5.39. The van der Waals surface area contributed by atoms with Gasteiger partial charge in [0.2, 0.25) is 0 Å². The summed E-state index contributed by atoms with van der Waals surface area (Å²) in [6.45, 7) is 6.31. The molecule has 1 aromatic rings. The van der Waals surface area contributed by atoms with Crippen molar-refractivity contribution in [1.29, 1.82) is 0 Å². The minimum Gasteiger partial charge on any atom is -0.338 e. The lowest BCUT2D eigenvalue weighted by Crippen LogP contribution is -2.36. The van der Waals surface area contributed by atoms with Crippen molar-refractivity contribution in [2.24, 2.45) is 0 Å². The van der Waals surface area contributed by atoms with Crippen molar-refractivity contribution in [3.05, 3.63) is 18.2 Å². The lowest BCUT2D eigenvalue weighted by atomic mass is 10.4. The van der Waals surface area contributed by atoms with Crippen LogP contribution in [0.4, 0.5) is 4.79 Å². The number of rotatable bonds is 6. The molecular formula is C11H20N4O. The van der Waals surface area contributed by atoms with E-state index in [4.69, 9.17) is 0 Å². The van der Waals surface area contributed by atoms with Crippen LogP contribution in [0, 0.1) is 6.92 Å².